The van der Waals surface area contributed by atoms with Crippen LogP contribution in [0.1, 0.15) is 34.1 Å². The predicted octanol–water partition coefficient (Wildman–Crippen LogP) is 2.59. The van der Waals surface area contributed by atoms with Crippen molar-refractivity contribution in [2.24, 2.45) is 0 Å². The topological polar surface area (TPSA) is 73.8 Å². The first-order valence-electron chi connectivity index (χ1n) is 12.7. The first-order chi connectivity index (χ1) is 17.0. The van der Waals surface area contributed by atoms with Gasteiger partial charge in [0, 0.05) is 74.9 Å². The molecule has 2 aliphatic heterocycles. The molecule has 0 bridgehead atoms. The average Bonchev–Trinajstić information content (AvgIpc) is 2.90. The van der Waals surface area contributed by atoms with Gasteiger partial charge in [-0.05, 0) is 38.1 Å². The van der Waals surface area contributed by atoms with Crippen LogP contribution in [-0.2, 0) is 10.5 Å². The van der Waals surface area contributed by atoms with Crippen LogP contribution >= 0.6 is 11.8 Å². The molecule has 0 atom stereocenters. The van der Waals surface area contributed by atoms with Crippen LogP contribution < -0.4 is 10.2 Å². The van der Waals surface area contributed by atoms with Crippen molar-refractivity contribution in [3.8, 4) is 0 Å². The Morgan fingerprint density at radius 3 is 2.40 bits per heavy atom. The van der Waals surface area contributed by atoms with Gasteiger partial charge in [0.2, 0.25) is 0 Å². The lowest BCUT2D eigenvalue weighted by Gasteiger charge is -2.35. The Labute approximate surface area is 213 Å². The summed E-state index contributed by atoms with van der Waals surface area (Å²) in [7, 11) is 0. The third kappa shape index (κ3) is 7.16. The highest BCUT2D eigenvalue weighted by atomic mass is 32.2. The zero-order chi connectivity index (χ0) is 24.6. The second-order valence-corrected chi connectivity index (χ2v) is 10.1. The number of morpholine rings is 1. The second kappa shape index (κ2) is 12.7. The molecule has 0 aliphatic carbocycles. The fraction of sp³-hybridized carbons (Fsp3) is 0.577. The largest absolute Gasteiger partial charge is 0.379 e. The maximum Gasteiger partial charge on any atom is 0.251 e. The van der Waals surface area contributed by atoms with E-state index in [-0.39, 0.29) is 5.91 Å². The van der Waals surface area contributed by atoms with Gasteiger partial charge in [0.25, 0.3) is 5.91 Å². The molecule has 0 saturated carbocycles. The minimum atomic E-state index is -0.0252. The van der Waals surface area contributed by atoms with E-state index < -0.39 is 0 Å². The highest BCUT2D eigenvalue weighted by molar-refractivity contribution is 7.98. The molecular weight excluding hydrogens is 460 g/mol. The molecule has 2 saturated heterocycles. The van der Waals surface area contributed by atoms with Gasteiger partial charge in [-0.1, -0.05) is 30.8 Å². The van der Waals surface area contributed by atoms with E-state index in [1.807, 2.05) is 24.3 Å². The van der Waals surface area contributed by atoms with Crippen molar-refractivity contribution in [2.75, 3.05) is 77.0 Å². The Morgan fingerprint density at radius 1 is 1.00 bits per heavy atom. The zero-order valence-corrected chi connectivity index (χ0v) is 22.1. The van der Waals surface area contributed by atoms with Crippen molar-refractivity contribution in [2.45, 2.75) is 31.7 Å². The van der Waals surface area contributed by atoms with Crippen LogP contribution in [0.5, 0.6) is 0 Å². The molecule has 1 aromatic heterocycles. The van der Waals surface area contributed by atoms with E-state index in [1.165, 1.54) is 5.56 Å². The van der Waals surface area contributed by atoms with Gasteiger partial charge in [-0.2, -0.15) is 0 Å². The second-order valence-electron chi connectivity index (χ2n) is 9.16. The number of hydrogen-bond acceptors (Lipinski definition) is 8. The first-order valence-corrected chi connectivity index (χ1v) is 13.6. The van der Waals surface area contributed by atoms with Crippen LogP contribution in [0.15, 0.2) is 29.4 Å². The number of rotatable bonds is 9. The van der Waals surface area contributed by atoms with Gasteiger partial charge in [-0.15, -0.1) is 0 Å². The van der Waals surface area contributed by atoms with Crippen LogP contribution in [-0.4, -0.2) is 97.8 Å². The van der Waals surface area contributed by atoms with E-state index in [4.69, 9.17) is 14.7 Å². The van der Waals surface area contributed by atoms with Crippen molar-refractivity contribution in [1.29, 1.82) is 0 Å². The van der Waals surface area contributed by atoms with Crippen LogP contribution in [0.4, 0.5) is 5.82 Å². The van der Waals surface area contributed by atoms with E-state index in [0.717, 1.165) is 93.6 Å². The molecule has 3 heterocycles. The molecule has 9 heteroatoms. The SMILES string of the molecule is CCN1CCN(c2nc(SCc3ccc(C(=O)NCCN4CCOCC4)cc3)nc(C)c2C)CC1. The van der Waals surface area contributed by atoms with E-state index in [0.29, 0.717) is 12.1 Å². The van der Waals surface area contributed by atoms with Crippen molar-refractivity contribution < 1.29 is 9.53 Å². The van der Waals surface area contributed by atoms with Crippen LogP contribution in [0.2, 0.25) is 0 Å². The molecule has 1 aromatic carbocycles. The summed E-state index contributed by atoms with van der Waals surface area (Å²) in [6, 6.07) is 7.85. The number of carbonyl (C=O) groups excluding carboxylic acids is 1. The number of nitrogens with one attached hydrogen (secondary N) is 1. The number of aromatic nitrogens is 2. The normalized spacial score (nSPS) is 17.5. The fourth-order valence-electron chi connectivity index (χ4n) is 4.39. The number of anilines is 1. The molecule has 2 fully saturated rings. The van der Waals surface area contributed by atoms with Gasteiger partial charge >= 0.3 is 0 Å². The van der Waals surface area contributed by atoms with Gasteiger partial charge in [0.15, 0.2) is 5.16 Å². The molecule has 1 amide bonds. The van der Waals surface area contributed by atoms with Crippen molar-refractivity contribution in [3.05, 3.63) is 46.6 Å². The Bertz CT molecular complexity index is 973. The average molecular weight is 499 g/mol. The maximum atomic E-state index is 12.5. The monoisotopic (exact) mass is 498 g/mol. The highest BCUT2D eigenvalue weighted by Crippen LogP contribution is 2.27. The molecular formula is C26H38N6O2S. The summed E-state index contributed by atoms with van der Waals surface area (Å²) in [5.41, 5.74) is 4.05. The lowest BCUT2D eigenvalue weighted by Crippen LogP contribution is -2.46. The standard InChI is InChI=1S/C26H38N6O2S/c1-4-30-11-13-32(14-12-30)24-20(2)21(3)28-26(29-24)35-19-22-5-7-23(8-6-22)25(33)27-9-10-31-15-17-34-18-16-31/h5-8H,4,9-19H2,1-3H3,(H,27,33). The number of carbonyl (C=O) groups is 1. The summed E-state index contributed by atoms with van der Waals surface area (Å²) in [4.78, 5) is 29.3. The van der Waals surface area contributed by atoms with Crippen molar-refractivity contribution in [1.82, 2.24) is 25.1 Å². The Kier molecular flexibility index (Phi) is 9.37. The van der Waals surface area contributed by atoms with Crippen LogP contribution in [0, 0.1) is 13.8 Å². The van der Waals surface area contributed by atoms with Crippen molar-refractivity contribution in [3.63, 3.8) is 0 Å². The quantitative estimate of drug-likeness (QED) is 0.418. The number of likely N-dealkylation sites (N-methyl/N-ethyl adjacent to an activating group) is 1. The maximum absolute atomic E-state index is 12.5. The number of benzene rings is 1. The number of ether oxygens (including phenoxy) is 1. The third-order valence-electron chi connectivity index (χ3n) is 6.86. The number of hydrogen-bond donors (Lipinski definition) is 1. The molecule has 8 nitrogen and oxygen atoms in total. The summed E-state index contributed by atoms with van der Waals surface area (Å²) < 4.78 is 5.37. The van der Waals surface area contributed by atoms with E-state index >= 15 is 0 Å². The van der Waals surface area contributed by atoms with E-state index in [1.54, 1.807) is 11.8 Å². The molecule has 1 N–H and O–H groups in total. The first kappa shape index (κ1) is 25.9. The fourth-order valence-corrected chi connectivity index (χ4v) is 5.23. The number of nitrogens with zero attached hydrogens (tertiary/aromatic N) is 5. The molecule has 4 rings (SSSR count). The van der Waals surface area contributed by atoms with Gasteiger partial charge < -0.3 is 19.9 Å². The van der Waals surface area contributed by atoms with E-state index in [2.05, 4.69) is 40.8 Å². The third-order valence-corrected chi connectivity index (χ3v) is 7.78. The van der Waals surface area contributed by atoms with Gasteiger partial charge in [-0.25, -0.2) is 9.97 Å². The summed E-state index contributed by atoms with van der Waals surface area (Å²) in [5.74, 6) is 1.81. The molecule has 190 valence electrons. The minimum absolute atomic E-state index is 0.0252. The lowest BCUT2D eigenvalue weighted by molar-refractivity contribution is 0.0383. The predicted molar refractivity (Wildman–Crippen MR) is 141 cm³/mol. The summed E-state index contributed by atoms with van der Waals surface area (Å²) >= 11 is 1.65. The molecule has 2 aromatic rings. The smallest absolute Gasteiger partial charge is 0.251 e. The Hall–Kier alpha value is -2.20. The van der Waals surface area contributed by atoms with Crippen LogP contribution in [0.25, 0.3) is 0 Å². The van der Waals surface area contributed by atoms with Crippen LogP contribution in [0.3, 0.4) is 0 Å². The summed E-state index contributed by atoms with van der Waals surface area (Å²) in [5, 5.41) is 3.84. The minimum Gasteiger partial charge on any atom is -0.379 e. The molecule has 0 unspecified atom stereocenters. The van der Waals surface area contributed by atoms with Gasteiger partial charge in [0.1, 0.15) is 5.82 Å². The Morgan fingerprint density at radius 2 is 1.71 bits per heavy atom. The van der Waals surface area contributed by atoms with E-state index in [9.17, 15) is 4.79 Å². The number of piperazine rings is 1. The Balaban J connectivity index is 1.29. The van der Waals surface area contributed by atoms with Gasteiger partial charge in [0.05, 0.1) is 13.2 Å². The molecule has 0 radical (unpaired) electrons. The number of thioether (sulfide) groups is 1. The molecule has 0 spiro atoms. The molecule has 2 aliphatic rings. The number of amides is 1. The zero-order valence-electron chi connectivity index (χ0n) is 21.3. The summed E-state index contributed by atoms with van der Waals surface area (Å²) in [6.45, 7) is 16.6. The van der Waals surface area contributed by atoms with Crippen molar-refractivity contribution >= 4 is 23.5 Å². The lowest BCUT2D eigenvalue weighted by atomic mass is 10.1. The molecule has 35 heavy (non-hydrogen) atoms. The van der Waals surface area contributed by atoms with Gasteiger partial charge in [-0.3, -0.25) is 9.69 Å². The number of aryl methyl sites for hydroxylation is 1. The summed E-state index contributed by atoms with van der Waals surface area (Å²) in [6.07, 6.45) is 0. The highest BCUT2D eigenvalue weighted by Gasteiger charge is 2.20.